The minimum Gasteiger partial charge on any atom is -0.475 e. The van der Waals surface area contributed by atoms with Crippen LogP contribution in [0.25, 0.3) is 21.2 Å². The number of aromatic nitrogens is 1. The molecule has 0 unspecified atom stereocenters. The van der Waals surface area contributed by atoms with Gasteiger partial charge in [-0.1, -0.05) is 24.3 Å². The van der Waals surface area contributed by atoms with Crippen LogP contribution < -0.4 is 4.74 Å². The number of benzene rings is 1. The molecule has 1 aliphatic heterocycles. The highest BCUT2D eigenvalue weighted by Crippen LogP contribution is 2.36. The van der Waals surface area contributed by atoms with Crippen LogP contribution in [-0.2, 0) is 0 Å². The normalized spacial score (nSPS) is 26.7. The number of hydrogen-bond acceptors (Lipinski definition) is 7. The zero-order valence-corrected chi connectivity index (χ0v) is 14.8. The van der Waals surface area contributed by atoms with Crippen molar-refractivity contribution >= 4 is 33.9 Å². The minimum atomic E-state index is -1.20. The number of hydrogen-bond donors (Lipinski definition) is 3. The van der Waals surface area contributed by atoms with Gasteiger partial charge in [0.15, 0.2) is 5.44 Å². The van der Waals surface area contributed by atoms with Gasteiger partial charge >= 0.3 is 0 Å². The van der Waals surface area contributed by atoms with Crippen LogP contribution in [0, 0.1) is 0 Å². The van der Waals surface area contributed by atoms with Gasteiger partial charge in [-0.2, -0.15) is 0 Å². The van der Waals surface area contributed by atoms with Gasteiger partial charge in [-0.3, -0.25) is 4.98 Å². The van der Waals surface area contributed by atoms with Crippen molar-refractivity contribution < 1.29 is 20.1 Å². The fourth-order valence-corrected chi connectivity index (χ4v) is 4.97. The van der Waals surface area contributed by atoms with Crippen molar-refractivity contribution in [3.8, 4) is 16.2 Å². The Morgan fingerprint density at radius 1 is 1.08 bits per heavy atom. The van der Waals surface area contributed by atoms with Crippen LogP contribution in [0.3, 0.4) is 0 Å². The van der Waals surface area contributed by atoms with Crippen molar-refractivity contribution in [3.63, 3.8) is 0 Å². The summed E-state index contributed by atoms with van der Waals surface area (Å²) in [6.45, 7) is 0. The highest BCUT2D eigenvalue weighted by Gasteiger charge is 2.38. The van der Waals surface area contributed by atoms with E-state index in [4.69, 9.17) is 4.74 Å². The smallest absolute Gasteiger partial charge is 0.173 e. The summed E-state index contributed by atoms with van der Waals surface area (Å²) >= 11 is 2.93. The van der Waals surface area contributed by atoms with E-state index < -0.39 is 23.7 Å². The second-order valence-electron chi connectivity index (χ2n) is 5.93. The van der Waals surface area contributed by atoms with Crippen molar-refractivity contribution in [1.82, 2.24) is 4.98 Å². The molecule has 1 aliphatic rings. The molecule has 1 fully saturated rings. The number of thiophene rings is 1. The molecular formula is C18H17NO4S2. The molecule has 3 aromatic rings. The second kappa shape index (κ2) is 6.93. The fraction of sp³-hybridized carbons (Fsp3) is 0.278. The molecule has 1 saturated heterocycles. The van der Waals surface area contributed by atoms with Crippen molar-refractivity contribution in [2.75, 3.05) is 5.75 Å². The largest absolute Gasteiger partial charge is 0.475 e. The van der Waals surface area contributed by atoms with Crippen LogP contribution in [0.2, 0.25) is 0 Å². The van der Waals surface area contributed by atoms with Crippen LogP contribution in [0.4, 0.5) is 0 Å². The van der Waals surface area contributed by atoms with E-state index in [0.717, 1.165) is 15.8 Å². The van der Waals surface area contributed by atoms with Crippen LogP contribution >= 0.6 is 23.1 Å². The number of nitrogens with zero attached hydrogens (tertiary/aromatic N) is 1. The van der Waals surface area contributed by atoms with E-state index in [1.54, 1.807) is 23.7 Å². The summed E-state index contributed by atoms with van der Waals surface area (Å²) in [6.07, 6.45) is 0.0726. The van der Waals surface area contributed by atoms with Crippen LogP contribution in [0.15, 0.2) is 48.1 Å². The molecule has 2 aromatic heterocycles. The lowest BCUT2D eigenvalue weighted by molar-refractivity contribution is -0.0786. The van der Waals surface area contributed by atoms with Gasteiger partial charge in [0, 0.05) is 27.8 Å². The summed E-state index contributed by atoms with van der Waals surface area (Å²) in [5.74, 6) is 0.834. The lowest BCUT2D eigenvalue weighted by Gasteiger charge is -2.34. The number of pyridine rings is 1. The Morgan fingerprint density at radius 2 is 1.92 bits per heavy atom. The summed E-state index contributed by atoms with van der Waals surface area (Å²) in [5, 5.41) is 34.0. The molecule has 0 amide bonds. The predicted molar refractivity (Wildman–Crippen MR) is 100.0 cm³/mol. The summed E-state index contributed by atoms with van der Waals surface area (Å²) in [4.78, 5) is 5.36. The third-order valence-electron chi connectivity index (χ3n) is 4.19. The summed E-state index contributed by atoms with van der Waals surface area (Å²) in [7, 11) is 0. The van der Waals surface area contributed by atoms with E-state index in [1.165, 1.54) is 17.1 Å². The minimum absolute atomic E-state index is 0.311. The lowest BCUT2D eigenvalue weighted by Crippen LogP contribution is -2.50. The number of aliphatic hydroxyl groups is 3. The number of ether oxygens (including phenoxy) is 1. The third-order valence-corrected chi connectivity index (χ3v) is 6.49. The average molecular weight is 375 g/mol. The first-order chi connectivity index (χ1) is 12.1. The molecular weight excluding hydrogens is 358 g/mol. The van der Waals surface area contributed by atoms with E-state index in [1.807, 2.05) is 18.2 Å². The predicted octanol–water partition coefficient (Wildman–Crippen LogP) is 2.50. The van der Waals surface area contributed by atoms with E-state index in [0.29, 0.717) is 11.5 Å². The molecule has 130 valence electrons. The average Bonchev–Trinajstić information content (AvgIpc) is 3.07. The van der Waals surface area contributed by atoms with Gasteiger partial charge in [0.05, 0.1) is 12.3 Å². The highest BCUT2D eigenvalue weighted by molar-refractivity contribution is 7.99. The zero-order chi connectivity index (χ0) is 17.4. The summed E-state index contributed by atoms with van der Waals surface area (Å²) in [6, 6.07) is 10.1. The molecule has 7 heteroatoms. The van der Waals surface area contributed by atoms with Gasteiger partial charge < -0.3 is 20.1 Å². The molecule has 1 aromatic carbocycles. The molecule has 0 aliphatic carbocycles. The maximum Gasteiger partial charge on any atom is 0.173 e. The van der Waals surface area contributed by atoms with Gasteiger partial charge in [-0.25, -0.2) is 0 Å². The molecule has 0 spiro atoms. The van der Waals surface area contributed by atoms with E-state index >= 15 is 0 Å². The van der Waals surface area contributed by atoms with Gasteiger partial charge in [0.2, 0.25) is 0 Å². The van der Waals surface area contributed by atoms with Gasteiger partial charge in [0.1, 0.15) is 18.0 Å². The first-order valence-electron chi connectivity index (χ1n) is 7.87. The number of fused-ring (bicyclic) bond motifs is 1. The maximum atomic E-state index is 10.1. The SMILES string of the molecule is O[C@@H]1[C@@H](O)[C@H](Oc2cncc(-c3scc4ccccc34)c2)SC[C@H]1O. The lowest BCUT2D eigenvalue weighted by atomic mass is 10.1. The summed E-state index contributed by atoms with van der Waals surface area (Å²) < 4.78 is 5.82. The van der Waals surface area contributed by atoms with Crippen LogP contribution in [-0.4, -0.2) is 49.8 Å². The fourth-order valence-electron chi connectivity index (χ4n) is 2.84. The Hall–Kier alpha value is -1.64. The van der Waals surface area contributed by atoms with Crippen LogP contribution in [0.5, 0.6) is 5.75 Å². The van der Waals surface area contributed by atoms with E-state index in [-0.39, 0.29) is 0 Å². The molecule has 0 radical (unpaired) electrons. The Kier molecular flexibility index (Phi) is 4.66. The Morgan fingerprint density at radius 3 is 2.80 bits per heavy atom. The zero-order valence-electron chi connectivity index (χ0n) is 13.1. The molecule has 3 N–H and O–H groups in total. The van der Waals surface area contributed by atoms with Crippen molar-refractivity contribution in [2.24, 2.45) is 0 Å². The highest BCUT2D eigenvalue weighted by atomic mass is 32.2. The molecule has 25 heavy (non-hydrogen) atoms. The molecule has 3 heterocycles. The molecule has 5 nitrogen and oxygen atoms in total. The Bertz CT molecular complexity index is 884. The molecule has 0 saturated carbocycles. The van der Waals surface area contributed by atoms with E-state index in [9.17, 15) is 15.3 Å². The molecule has 0 bridgehead atoms. The number of thioether (sulfide) groups is 1. The maximum absolute atomic E-state index is 10.1. The van der Waals surface area contributed by atoms with Gasteiger partial charge in [-0.15, -0.1) is 23.1 Å². The van der Waals surface area contributed by atoms with Gasteiger partial charge in [0.25, 0.3) is 0 Å². The van der Waals surface area contributed by atoms with Gasteiger partial charge in [-0.05, 0) is 16.8 Å². The topological polar surface area (TPSA) is 82.8 Å². The first kappa shape index (κ1) is 16.8. The van der Waals surface area contributed by atoms with E-state index in [2.05, 4.69) is 22.5 Å². The number of rotatable bonds is 3. The Labute approximate surface area is 152 Å². The van der Waals surface area contributed by atoms with Crippen LogP contribution in [0.1, 0.15) is 0 Å². The molecule has 4 atom stereocenters. The van der Waals surface area contributed by atoms with Crippen molar-refractivity contribution in [1.29, 1.82) is 0 Å². The van der Waals surface area contributed by atoms with Crippen molar-refractivity contribution in [3.05, 3.63) is 48.1 Å². The number of aliphatic hydroxyl groups excluding tert-OH is 3. The standard InChI is InChI=1S/C18H17NO4S2/c20-14-9-25-18(16(22)15(14)21)23-12-5-11(6-19-7-12)17-13-4-2-1-3-10(13)8-24-17/h1-8,14-16,18,20-22H,9H2/t14-,15+,16-,18-/m1/s1. The molecule has 4 rings (SSSR count). The second-order valence-corrected chi connectivity index (χ2v) is 7.94. The quantitative estimate of drug-likeness (QED) is 0.652. The third kappa shape index (κ3) is 3.26. The summed E-state index contributed by atoms with van der Waals surface area (Å²) in [5.41, 5.74) is 0.301. The monoisotopic (exact) mass is 375 g/mol. The first-order valence-corrected chi connectivity index (χ1v) is 9.80. The van der Waals surface area contributed by atoms with Crippen molar-refractivity contribution in [2.45, 2.75) is 23.7 Å². The Balaban J connectivity index is 1.60.